The monoisotopic (exact) mass is 314 g/mol. The SMILES string of the molecule is CC(C)c1nc(Cl)cc(=O)n1Cc1cccc(F)c1Cl. The summed E-state index contributed by atoms with van der Waals surface area (Å²) in [7, 11) is 0. The lowest BCUT2D eigenvalue weighted by Gasteiger charge is -2.15. The van der Waals surface area contributed by atoms with Crippen LogP contribution in [0.5, 0.6) is 0 Å². The van der Waals surface area contributed by atoms with Crippen molar-refractivity contribution in [2.45, 2.75) is 26.3 Å². The van der Waals surface area contributed by atoms with Crippen molar-refractivity contribution in [2.75, 3.05) is 0 Å². The molecule has 0 radical (unpaired) electrons. The molecular formula is C14H13Cl2FN2O. The van der Waals surface area contributed by atoms with Gasteiger partial charge in [-0.15, -0.1) is 0 Å². The van der Waals surface area contributed by atoms with Gasteiger partial charge in [-0.05, 0) is 11.6 Å². The number of halogens is 3. The highest BCUT2D eigenvalue weighted by molar-refractivity contribution is 6.31. The van der Waals surface area contributed by atoms with Gasteiger partial charge in [-0.25, -0.2) is 9.37 Å². The minimum absolute atomic E-state index is 0.00809. The van der Waals surface area contributed by atoms with Crippen molar-refractivity contribution in [3.63, 3.8) is 0 Å². The second kappa shape index (κ2) is 5.94. The highest BCUT2D eigenvalue weighted by Crippen LogP contribution is 2.21. The summed E-state index contributed by atoms with van der Waals surface area (Å²) in [5.74, 6) is 0.0433. The molecule has 0 saturated heterocycles. The van der Waals surface area contributed by atoms with Gasteiger partial charge in [0.1, 0.15) is 16.8 Å². The fourth-order valence-corrected chi connectivity index (χ4v) is 2.30. The van der Waals surface area contributed by atoms with E-state index in [9.17, 15) is 9.18 Å². The smallest absolute Gasteiger partial charge is 0.255 e. The molecule has 1 heterocycles. The van der Waals surface area contributed by atoms with Gasteiger partial charge in [0.25, 0.3) is 5.56 Å². The predicted octanol–water partition coefficient (Wildman–Crippen LogP) is 3.86. The van der Waals surface area contributed by atoms with E-state index in [1.807, 2.05) is 13.8 Å². The summed E-state index contributed by atoms with van der Waals surface area (Å²) in [6.07, 6.45) is 0. The minimum Gasteiger partial charge on any atom is -0.292 e. The number of benzene rings is 1. The summed E-state index contributed by atoms with van der Waals surface area (Å²) in [6, 6.07) is 5.75. The van der Waals surface area contributed by atoms with Crippen LogP contribution in [0.15, 0.2) is 29.1 Å². The van der Waals surface area contributed by atoms with Gasteiger partial charge < -0.3 is 0 Å². The number of hydrogen-bond donors (Lipinski definition) is 0. The molecule has 0 aliphatic rings. The molecule has 2 aromatic rings. The quantitative estimate of drug-likeness (QED) is 0.806. The highest BCUT2D eigenvalue weighted by Gasteiger charge is 2.14. The van der Waals surface area contributed by atoms with Gasteiger partial charge in [-0.2, -0.15) is 0 Å². The molecule has 3 nitrogen and oxygen atoms in total. The zero-order chi connectivity index (χ0) is 14.9. The van der Waals surface area contributed by atoms with Crippen LogP contribution in [-0.2, 0) is 6.54 Å². The van der Waals surface area contributed by atoms with E-state index in [-0.39, 0.29) is 28.2 Å². The van der Waals surface area contributed by atoms with Gasteiger partial charge in [0, 0.05) is 12.0 Å². The van der Waals surface area contributed by atoms with Crippen LogP contribution in [0.1, 0.15) is 31.2 Å². The molecule has 0 aliphatic carbocycles. The van der Waals surface area contributed by atoms with E-state index >= 15 is 0 Å². The molecule has 0 bridgehead atoms. The van der Waals surface area contributed by atoms with E-state index in [1.54, 1.807) is 12.1 Å². The predicted molar refractivity (Wildman–Crippen MR) is 78.1 cm³/mol. The lowest BCUT2D eigenvalue weighted by molar-refractivity contribution is 0.608. The molecule has 0 fully saturated rings. The van der Waals surface area contributed by atoms with Crippen LogP contribution >= 0.6 is 23.2 Å². The molecule has 0 spiro atoms. The highest BCUT2D eigenvalue weighted by atomic mass is 35.5. The molecule has 6 heteroatoms. The molecule has 0 atom stereocenters. The summed E-state index contributed by atoms with van der Waals surface area (Å²) in [5.41, 5.74) is 0.244. The number of nitrogens with zero attached hydrogens (tertiary/aromatic N) is 2. The zero-order valence-corrected chi connectivity index (χ0v) is 12.5. The molecule has 106 valence electrons. The van der Waals surface area contributed by atoms with Gasteiger partial charge in [-0.3, -0.25) is 9.36 Å². The minimum atomic E-state index is -0.509. The summed E-state index contributed by atoms with van der Waals surface area (Å²) in [4.78, 5) is 16.2. The Bertz CT molecular complexity index is 698. The van der Waals surface area contributed by atoms with Crippen molar-refractivity contribution in [3.8, 4) is 0 Å². The topological polar surface area (TPSA) is 34.9 Å². The molecule has 0 amide bonds. The zero-order valence-electron chi connectivity index (χ0n) is 11.0. The van der Waals surface area contributed by atoms with Crippen LogP contribution in [0, 0.1) is 5.82 Å². The first-order chi connectivity index (χ1) is 9.40. The molecular weight excluding hydrogens is 302 g/mol. The standard InChI is InChI=1S/C14H13Cl2FN2O/c1-8(2)14-18-11(15)6-12(20)19(14)7-9-4-3-5-10(17)13(9)16/h3-6,8H,7H2,1-2H3. The van der Waals surface area contributed by atoms with Crippen LogP contribution in [0.3, 0.4) is 0 Å². The average Bonchev–Trinajstić information content (AvgIpc) is 2.37. The van der Waals surface area contributed by atoms with Crippen molar-refractivity contribution >= 4 is 23.2 Å². The second-order valence-electron chi connectivity index (χ2n) is 4.73. The second-order valence-corrected chi connectivity index (χ2v) is 5.49. The Morgan fingerprint density at radius 1 is 1.35 bits per heavy atom. The lowest BCUT2D eigenvalue weighted by atomic mass is 10.1. The Morgan fingerprint density at radius 3 is 2.70 bits per heavy atom. The fourth-order valence-electron chi connectivity index (χ4n) is 1.94. The Labute approximate surface area is 126 Å². The van der Waals surface area contributed by atoms with E-state index < -0.39 is 5.82 Å². The van der Waals surface area contributed by atoms with Crippen LogP contribution < -0.4 is 5.56 Å². The van der Waals surface area contributed by atoms with Crippen LogP contribution in [0.25, 0.3) is 0 Å². The first kappa shape index (κ1) is 15.0. The van der Waals surface area contributed by atoms with Crippen molar-refractivity contribution in [3.05, 3.63) is 62.0 Å². The first-order valence-corrected chi connectivity index (χ1v) is 6.86. The van der Waals surface area contributed by atoms with Crippen molar-refractivity contribution in [2.24, 2.45) is 0 Å². The first-order valence-electron chi connectivity index (χ1n) is 6.10. The molecule has 20 heavy (non-hydrogen) atoms. The van der Waals surface area contributed by atoms with Crippen molar-refractivity contribution < 1.29 is 4.39 Å². The van der Waals surface area contributed by atoms with E-state index in [0.717, 1.165) is 0 Å². The molecule has 0 aliphatic heterocycles. The van der Waals surface area contributed by atoms with Gasteiger partial charge >= 0.3 is 0 Å². The van der Waals surface area contributed by atoms with E-state index in [2.05, 4.69) is 4.98 Å². The lowest BCUT2D eigenvalue weighted by Crippen LogP contribution is -2.26. The Kier molecular flexibility index (Phi) is 4.45. The largest absolute Gasteiger partial charge is 0.292 e. The summed E-state index contributed by atoms with van der Waals surface area (Å²) >= 11 is 11.7. The number of hydrogen-bond acceptors (Lipinski definition) is 2. The third-order valence-corrected chi connectivity index (χ3v) is 3.50. The van der Waals surface area contributed by atoms with Gasteiger partial charge in [0.05, 0.1) is 11.6 Å². The number of rotatable bonds is 3. The van der Waals surface area contributed by atoms with Gasteiger partial charge in [0.2, 0.25) is 0 Å². The molecule has 1 aromatic heterocycles. The fraction of sp³-hybridized carbons (Fsp3) is 0.286. The third kappa shape index (κ3) is 3.02. The van der Waals surface area contributed by atoms with Gasteiger partial charge in [0.15, 0.2) is 0 Å². The Morgan fingerprint density at radius 2 is 2.05 bits per heavy atom. The maximum Gasteiger partial charge on any atom is 0.255 e. The average molecular weight is 315 g/mol. The summed E-state index contributed by atoms with van der Waals surface area (Å²) < 4.78 is 14.9. The molecule has 0 unspecified atom stereocenters. The van der Waals surface area contributed by atoms with Crippen LogP contribution in [-0.4, -0.2) is 9.55 Å². The maximum atomic E-state index is 13.4. The number of aromatic nitrogens is 2. The Balaban J connectivity index is 2.53. The van der Waals surface area contributed by atoms with Crippen molar-refractivity contribution in [1.82, 2.24) is 9.55 Å². The molecule has 0 N–H and O–H groups in total. The van der Waals surface area contributed by atoms with E-state index in [1.165, 1.54) is 16.7 Å². The van der Waals surface area contributed by atoms with E-state index in [0.29, 0.717) is 11.4 Å². The van der Waals surface area contributed by atoms with E-state index in [4.69, 9.17) is 23.2 Å². The van der Waals surface area contributed by atoms with Crippen LogP contribution in [0.2, 0.25) is 10.2 Å². The maximum absolute atomic E-state index is 13.4. The molecule has 1 aromatic carbocycles. The molecule has 2 rings (SSSR count). The van der Waals surface area contributed by atoms with Crippen LogP contribution in [0.4, 0.5) is 4.39 Å². The Hall–Kier alpha value is -1.39. The third-order valence-electron chi connectivity index (χ3n) is 2.88. The summed E-state index contributed by atoms with van der Waals surface area (Å²) in [5, 5.41) is 0.171. The summed E-state index contributed by atoms with van der Waals surface area (Å²) in [6.45, 7) is 3.97. The van der Waals surface area contributed by atoms with Crippen molar-refractivity contribution in [1.29, 1.82) is 0 Å². The molecule has 0 saturated carbocycles. The normalized spacial score (nSPS) is 11.1. The van der Waals surface area contributed by atoms with Gasteiger partial charge in [-0.1, -0.05) is 49.2 Å².